The predicted molar refractivity (Wildman–Crippen MR) is 79.9 cm³/mol. The molecule has 6 heteroatoms. The Morgan fingerprint density at radius 1 is 1.47 bits per heavy atom. The van der Waals surface area contributed by atoms with E-state index < -0.39 is 0 Å². The maximum absolute atomic E-state index is 6.06. The molecule has 0 saturated carbocycles. The molecule has 0 unspecified atom stereocenters. The van der Waals surface area contributed by atoms with Gasteiger partial charge in [-0.25, -0.2) is 4.68 Å². The van der Waals surface area contributed by atoms with E-state index in [2.05, 4.69) is 26.3 Å². The minimum absolute atomic E-state index is 0.684. The molecule has 0 fully saturated rings. The summed E-state index contributed by atoms with van der Waals surface area (Å²) >= 11 is 9.46. The predicted octanol–water partition coefficient (Wildman–Crippen LogP) is 3.02. The fraction of sp³-hybridized carbons (Fsp3) is 0.308. The van der Waals surface area contributed by atoms with Gasteiger partial charge in [-0.15, -0.1) is 0 Å². The lowest BCUT2D eigenvalue weighted by molar-refractivity contribution is 0.199. The second kappa shape index (κ2) is 7.05. The molecule has 19 heavy (non-hydrogen) atoms. The maximum atomic E-state index is 6.06. The molecule has 0 saturated heterocycles. The molecular formula is C13H15BrClN3O. The molecule has 0 radical (unpaired) electrons. The van der Waals surface area contributed by atoms with Crippen molar-refractivity contribution >= 4 is 27.5 Å². The molecular weight excluding hydrogens is 330 g/mol. The quantitative estimate of drug-likeness (QED) is 0.819. The zero-order chi connectivity index (χ0) is 13.7. The Hall–Kier alpha value is -0.880. The fourth-order valence-electron chi connectivity index (χ4n) is 1.75. The number of hydrogen-bond donors (Lipinski definition) is 1. The number of ether oxygens (including phenoxy) is 1. The summed E-state index contributed by atoms with van der Waals surface area (Å²) in [4.78, 5) is 0. The lowest BCUT2D eigenvalue weighted by Gasteiger charge is -2.11. The number of aromatic nitrogens is 2. The van der Waals surface area contributed by atoms with Crippen LogP contribution in [-0.2, 0) is 11.3 Å². The molecule has 102 valence electrons. The van der Waals surface area contributed by atoms with Gasteiger partial charge in [0.2, 0.25) is 0 Å². The zero-order valence-electron chi connectivity index (χ0n) is 10.6. The number of methoxy groups -OCH3 is 1. The van der Waals surface area contributed by atoms with Crippen LogP contribution in [0.2, 0.25) is 5.02 Å². The third-order valence-corrected chi connectivity index (χ3v) is 3.28. The highest BCUT2D eigenvalue weighted by Gasteiger charge is 2.07. The summed E-state index contributed by atoms with van der Waals surface area (Å²) in [6.45, 7) is 2.20. The first-order chi connectivity index (χ1) is 9.20. The molecule has 0 aliphatic rings. The van der Waals surface area contributed by atoms with Crippen molar-refractivity contribution in [3.8, 4) is 5.69 Å². The van der Waals surface area contributed by atoms with Crippen LogP contribution in [0, 0.1) is 0 Å². The van der Waals surface area contributed by atoms with Gasteiger partial charge in [0, 0.05) is 31.4 Å². The summed E-state index contributed by atoms with van der Waals surface area (Å²) in [6.07, 6.45) is 3.68. The minimum Gasteiger partial charge on any atom is -0.383 e. The number of benzene rings is 1. The van der Waals surface area contributed by atoms with Crippen LogP contribution in [-0.4, -0.2) is 30.0 Å². The highest BCUT2D eigenvalue weighted by atomic mass is 79.9. The van der Waals surface area contributed by atoms with Crippen molar-refractivity contribution in [1.82, 2.24) is 15.1 Å². The van der Waals surface area contributed by atoms with Gasteiger partial charge in [0.05, 0.1) is 23.0 Å². The van der Waals surface area contributed by atoms with Crippen LogP contribution in [0.1, 0.15) is 5.56 Å². The molecule has 0 aliphatic heterocycles. The summed E-state index contributed by atoms with van der Waals surface area (Å²) in [5, 5.41) is 8.33. The number of halogens is 2. The molecule has 4 nitrogen and oxygen atoms in total. The van der Waals surface area contributed by atoms with E-state index in [1.165, 1.54) is 0 Å². The Balaban J connectivity index is 2.18. The Kier molecular flexibility index (Phi) is 5.39. The molecule has 1 aromatic heterocycles. The lowest BCUT2D eigenvalue weighted by Crippen LogP contribution is -2.19. The molecule has 0 amide bonds. The van der Waals surface area contributed by atoms with Crippen LogP contribution in [0.25, 0.3) is 5.69 Å². The van der Waals surface area contributed by atoms with Crippen molar-refractivity contribution < 1.29 is 4.74 Å². The standard InChI is InChI=1S/C13H15BrClN3O/c1-19-5-4-16-7-10-6-12(15)2-3-13(10)18-9-11(14)8-17-18/h2-3,6,8-9,16H,4-5,7H2,1H3. The Bertz CT molecular complexity index is 544. The van der Waals surface area contributed by atoms with Gasteiger partial charge in [0.1, 0.15) is 0 Å². The smallest absolute Gasteiger partial charge is 0.0691 e. The zero-order valence-corrected chi connectivity index (χ0v) is 12.9. The Morgan fingerprint density at radius 2 is 2.32 bits per heavy atom. The van der Waals surface area contributed by atoms with Gasteiger partial charge in [-0.1, -0.05) is 11.6 Å². The number of rotatable bonds is 6. The second-order valence-corrected chi connectivity index (χ2v) is 5.40. The van der Waals surface area contributed by atoms with Gasteiger partial charge >= 0.3 is 0 Å². The fourth-order valence-corrected chi connectivity index (χ4v) is 2.23. The normalized spacial score (nSPS) is 10.9. The summed E-state index contributed by atoms with van der Waals surface area (Å²) < 4.78 is 7.78. The summed E-state index contributed by atoms with van der Waals surface area (Å²) in [6, 6.07) is 5.78. The van der Waals surface area contributed by atoms with E-state index in [0.29, 0.717) is 6.61 Å². The lowest BCUT2D eigenvalue weighted by atomic mass is 10.1. The SMILES string of the molecule is COCCNCc1cc(Cl)ccc1-n1cc(Br)cn1. The van der Waals surface area contributed by atoms with Crippen LogP contribution in [0.3, 0.4) is 0 Å². The van der Waals surface area contributed by atoms with Gasteiger partial charge in [-0.2, -0.15) is 5.10 Å². The Morgan fingerprint density at radius 3 is 3.00 bits per heavy atom. The third kappa shape index (κ3) is 4.04. The first-order valence-electron chi connectivity index (χ1n) is 5.89. The van der Waals surface area contributed by atoms with Crippen LogP contribution in [0.4, 0.5) is 0 Å². The molecule has 1 heterocycles. The van der Waals surface area contributed by atoms with Gasteiger partial charge in [0.25, 0.3) is 0 Å². The van der Waals surface area contributed by atoms with Crippen molar-refractivity contribution in [2.24, 2.45) is 0 Å². The second-order valence-electron chi connectivity index (χ2n) is 4.05. The molecule has 0 spiro atoms. The average Bonchev–Trinajstić information content (AvgIpc) is 2.81. The molecule has 0 atom stereocenters. The van der Waals surface area contributed by atoms with Crippen LogP contribution in [0.15, 0.2) is 35.1 Å². The van der Waals surface area contributed by atoms with E-state index in [-0.39, 0.29) is 0 Å². The first-order valence-corrected chi connectivity index (χ1v) is 7.06. The molecule has 1 N–H and O–H groups in total. The van der Waals surface area contributed by atoms with Crippen molar-refractivity contribution in [1.29, 1.82) is 0 Å². The van der Waals surface area contributed by atoms with Gasteiger partial charge in [0.15, 0.2) is 0 Å². The van der Waals surface area contributed by atoms with Gasteiger partial charge < -0.3 is 10.1 Å². The molecule has 0 aliphatic carbocycles. The molecule has 2 rings (SSSR count). The summed E-state index contributed by atoms with van der Waals surface area (Å²) in [5.41, 5.74) is 2.11. The van der Waals surface area contributed by atoms with Crippen molar-refractivity contribution in [3.05, 3.63) is 45.7 Å². The number of hydrogen-bond acceptors (Lipinski definition) is 3. The van der Waals surface area contributed by atoms with Crippen molar-refractivity contribution in [3.63, 3.8) is 0 Å². The van der Waals surface area contributed by atoms with Crippen LogP contribution in [0.5, 0.6) is 0 Å². The topological polar surface area (TPSA) is 39.1 Å². The highest BCUT2D eigenvalue weighted by molar-refractivity contribution is 9.10. The maximum Gasteiger partial charge on any atom is 0.0691 e. The van der Waals surface area contributed by atoms with Crippen molar-refractivity contribution in [2.45, 2.75) is 6.54 Å². The van der Waals surface area contributed by atoms with E-state index in [0.717, 1.165) is 33.8 Å². The number of nitrogens with one attached hydrogen (secondary N) is 1. The third-order valence-electron chi connectivity index (χ3n) is 2.64. The molecule has 2 aromatic rings. The Labute approximate surface area is 125 Å². The monoisotopic (exact) mass is 343 g/mol. The summed E-state index contributed by atoms with van der Waals surface area (Å²) in [7, 11) is 1.69. The van der Waals surface area contributed by atoms with Crippen LogP contribution >= 0.6 is 27.5 Å². The van der Waals surface area contributed by atoms with Gasteiger partial charge in [-0.05, 0) is 39.7 Å². The van der Waals surface area contributed by atoms with E-state index >= 15 is 0 Å². The van der Waals surface area contributed by atoms with E-state index in [4.69, 9.17) is 16.3 Å². The van der Waals surface area contributed by atoms with E-state index in [1.807, 2.05) is 29.1 Å². The minimum atomic E-state index is 0.684. The largest absolute Gasteiger partial charge is 0.383 e. The first kappa shape index (κ1) is 14.5. The molecule has 0 bridgehead atoms. The number of nitrogens with zero attached hydrogens (tertiary/aromatic N) is 2. The highest BCUT2D eigenvalue weighted by Crippen LogP contribution is 2.20. The van der Waals surface area contributed by atoms with Crippen molar-refractivity contribution in [2.75, 3.05) is 20.3 Å². The van der Waals surface area contributed by atoms with E-state index in [9.17, 15) is 0 Å². The molecule has 1 aromatic carbocycles. The van der Waals surface area contributed by atoms with E-state index in [1.54, 1.807) is 13.3 Å². The summed E-state index contributed by atoms with van der Waals surface area (Å²) in [5.74, 6) is 0. The average molecular weight is 345 g/mol. The van der Waals surface area contributed by atoms with Gasteiger partial charge in [-0.3, -0.25) is 0 Å². The van der Waals surface area contributed by atoms with Crippen LogP contribution < -0.4 is 5.32 Å².